The maximum atomic E-state index is 11.3. The van der Waals surface area contributed by atoms with Crippen molar-refractivity contribution < 1.29 is 0 Å². The highest BCUT2D eigenvalue weighted by atomic mass is 32.1. The lowest BCUT2D eigenvalue weighted by Crippen LogP contribution is -2.12. The van der Waals surface area contributed by atoms with E-state index in [9.17, 15) is 4.79 Å². The largest absolute Gasteiger partial charge is 0.307 e. The summed E-state index contributed by atoms with van der Waals surface area (Å²) in [5, 5.41) is 2.80. The predicted octanol–water partition coefficient (Wildman–Crippen LogP) is 2.03. The summed E-state index contributed by atoms with van der Waals surface area (Å²) in [6.07, 6.45) is 1.80. The fraction of sp³-hybridized carbons (Fsp3) is 0.333. The quantitative estimate of drug-likeness (QED) is 0.785. The Balaban J connectivity index is 2.27. The monoisotopic (exact) mass is 226 g/mol. The Kier molecular flexibility index (Phi) is 2.52. The van der Waals surface area contributed by atoms with Gasteiger partial charge in [0.25, 0.3) is 0 Å². The van der Waals surface area contributed by atoms with Gasteiger partial charge in [0.2, 0.25) is 0 Å². The Morgan fingerprint density at radius 3 is 2.79 bits per heavy atom. The molecule has 2 aromatic rings. The summed E-state index contributed by atoms with van der Waals surface area (Å²) < 4.78 is 1.68. The van der Waals surface area contributed by atoms with E-state index in [1.165, 1.54) is 16.2 Å². The van der Waals surface area contributed by atoms with E-state index in [2.05, 4.69) is 4.98 Å². The molecule has 0 aliphatic heterocycles. The van der Waals surface area contributed by atoms with Crippen LogP contribution in [0.4, 0.5) is 0 Å². The highest BCUT2D eigenvalue weighted by Crippen LogP contribution is 2.16. The SMILES string of the molecule is Cc1nc(Cn2ccsc2=O)sc1C. The first-order valence-corrected chi connectivity index (χ1v) is 5.93. The van der Waals surface area contributed by atoms with Gasteiger partial charge in [-0.25, -0.2) is 4.98 Å². The molecule has 0 unspecified atom stereocenters. The number of thiazole rings is 2. The number of hydrogen-bond donors (Lipinski definition) is 0. The van der Waals surface area contributed by atoms with Crippen LogP contribution in [0.3, 0.4) is 0 Å². The van der Waals surface area contributed by atoms with Gasteiger partial charge in [0.15, 0.2) is 0 Å². The van der Waals surface area contributed by atoms with Gasteiger partial charge < -0.3 is 0 Å². The van der Waals surface area contributed by atoms with E-state index in [4.69, 9.17) is 0 Å². The van der Waals surface area contributed by atoms with Crippen LogP contribution in [0.15, 0.2) is 16.4 Å². The van der Waals surface area contributed by atoms with Crippen LogP contribution >= 0.6 is 22.7 Å². The van der Waals surface area contributed by atoms with Crippen molar-refractivity contribution in [3.05, 3.63) is 36.8 Å². The first kappa shape index (κ1) is 9.61. The second-order valence-corrected chi connectivity index (χ2v) is 5.19. The minimum Gasteiger partial charge on any atom is -0.299 e. The van der Waals surface area contributed by atoms with Crippen molar-refractivity contribution in [1.82, 2.24) is 9.55 Å². The number of aryl methyl sites for hydroxylation is 2. The molecular weight excluding hydrogens is 216 g/mol. The van der Waals surface area contributed by atoms with Crippen LogP contribution in [0.2, 0.25) is 0 Å². The van der Waals surface area contributed by atoms with Crippen molar-refractivity contribution in [1.29, 1.82) is 0 Å². The zero-order chi connectivity index (χ0) is 10.1. The third-order valence-electron chi connectivity index (χ3n) is 2.02. The third kappa shape index (κ3) is 1.78. The lowest BCUT2D eigenvalue weighted by Gasteiger charge is -1.94. The minimum atomic E-state index is 0.0792. The van der Waals surface area contributed by atoms with Crippen molar-refractivity contribution in [3.63, 3.8) is 0 Å². The van der Waals surface area contributed by atoms with Gasteiger partial charge >= 0.3 is 4.87 Å². The van der Waals surface area contributed by atoms with Crippen LogP contribution < -0.4 is 4.87 Å². The zero-order valence-corrected chi connectivity index (χ0v) is 9.61. The number of aromatic nitrogens is 2. The number of nitrogens with zero attached hydrogens (tertiary/aromatic N) is 2. The molecule has 0 spiro atoms. The molecule has 0 atom stereocenters. The molecule has 0 radical (unpaired) electrons. The molecule has 0 saturated carbocycles. The molecule has 2 rings (SSSR count). The van der Waals surface area contributed by atoms with Gasteiger partial charge in [-0.1, -0.05) is 11.3 Å². The van der Waals surface area contributed by atoms with Gasteiger partial charge in [-0.2, -0.15) is 0 Å². The second-order valence-electron chi connectivity index (χ2n) is 3.05. The smallest absolute Gasteiger partial charge is 0.299 e. The summed E-state index contributed by atoms with van der Waals surface area (Å²) in [4.78, 5) is 17.0. The van der Waals surface area contributed by atoms with Crippen LogP contribution in [0.5, 0.6) is 0 Å². The Hall–Kier alpha value is -0.940. The molecule has 0 aliphatic carbocycles. The molecule has 0 aromatic carbocycles. The van der Waals surface area contributed by atoms with E-state index in [0.29, 0.717) is 6.54 Å². The van der Waals surface area contributed by atoms with E-state index in [-0.39, 0.29) is 4.87 Å². The van der Waals surface area contributed by atoms with E-state index >= 15 is 0 Å². The van der Waals surface area contributed by atoms with Crippen LogP contribution in [-0.4, -0.2) is 9.55 Å². The molecule has 0 bridgehead atoms. The van der Waals surface area contributed by atoms with Crippen molar-refractivity contribution in [2.75, 3.05) is 0 Å². The number of hydrogen-bond acceptors (Lipinski definition) is 4. The van der Waals surface area contributed by atoms with Gasteiger partial charge in [-0.3, -0.25) is 9.36 Å². The highest BCUT2D eigenvalue weighted by molar-refractivity contribution is 7.11. The Bertz CT molecular complexity index is 475. The molecule has 14 heavy (non-hydrogen) atoms. The van der Waals surface area contributed by atoms with Crippen LogP contribution in [-0.2, 0) is 6.54 Å². The Morgan fingerprint density at radius 2 is 2.29 bits per heavy atom. The lowest BCUT2D eigenvalue weighted by molar-refractivity contribution is 0.775. The van der Waals surface area contributed by atoms with Crippen LogP contribution in [0.1, 0.15) is 15.6 Å². The average molecular weight is 226 g/mol. The van der Waals surface area contributed by atoms with Crippen molar-refractivity contribution in [2.24, 2.45) is 0 Å². The van der Waals surface area contributed by atoms with E-state index in [0.717, 1.165) is 10.7 Å². The standard InChI is InChI=1S/C9H10N2OS2/c1-6-7(2)14-8(10-6)5-11-3-4-13-9(11)12/h3-4H,5H2,1-2H3. The van der Waals surface area contributed by atoms with Gasteiger partial charge in [-0.05, 0) is 13.8 Å². The molecule has 0 saturated heterocycles. The van der Waals surface area contributed by atoms with Crippen molar-refractivity contribution >= 4 is 22.7 Å². The summed E-state index contributed by atoms with van der Waals surface area (Å²) >= 11 is 2.87. The van der Waals surface area contributed by atoms with Gasteiger partial charge in [0.05, 0.1) is 12.2 Å². The average Bonchev–Trinajstić information content (AvgIpc) is 2.63. The van der Waals surface area contributed by atoms with Crippen LogP contribution in [0.25, 0.3) is 0 Å². The first-order valence-electron chi connectivity index (χ1n) is 4.23. The summed E-state index contributed by atoms with van der Waals surface area (Å²) in [5.41, 5.74) is 1.06. The summed E-state index contributed by atoms with van der Waals surface area (Å²) in [5.74, 6) is 0. The van der Waals surface area contributed by atoms with E-state index in [1.807, 2.05) is 13.8 Å². The first-order chi connectivity index (χ1) is 6.66. The molecular formula is C9H10N2OS2. The minimum absolute atomic E-state index is 0.0792. The maximum Gasteiger partial charge on any atom is 0.307 e. The normalized spacial score (nSPS) is 10.7. The highest BCUT2D eigenvalue weighted by Gasteiger charge is 2.05. The lowest BCUT2D eigenvalue weighted by atomic mass is 10.4. The molecule has 2 heterocycles. The molecule has 3 nitrogen and oxygen atoms in total. The summed E-state index contributed by atoms with van der Waals surface area (Å²) in [6.45, 7) is 4.64. The van der Waals surface area contributed by atoms with E-state index in [1.54, 1.807) is 27.5 Å². The van der Waals surface area contributed by atoms with Gasteiger partial charge in [0.1, 0.15) is 5.01 Å². The van der Waals surface area contributed by atoms with Crippen molar-refractivity contribution in [2.45, 2.75) is 20.4 Å². The van der Waals surface area contributed by atoms with Crippen LogP contribution in [0, 0.1) is 13.8 Å². The summed E-state index contributed by atoms with van der Waals surface area (Å²) in [7, 11) is 0. The van der Waals surface area contributed by atoms with Gasteiger partial charge in [0, 0.05) is 16.5 Å². The molecule has 2 aromatic heterocycles. The maximum absolute atomic E-state index is 11.3. The molecule has 5 heteroatoms. The topological polar surface area (TPSA) is 34.9 Å². The fourth-order valence-electron chi connectivity index (χ4n) is 1.16. The third-order valence-corrected chi connectivity index (χ3v) is 3.77. The Labute approximate surface area is 89.7 Å². The molecule has 0 N–H and O–H groups in total. The van der Waals surface area contributed by atoms with E-state index < -0.39 is 0 Å². The predicted molar refractivity (Wildman–Crippen MR) is 59.3 cm³/mol. The molecule has 74 valence electrons. The fourth-order valence-corrected chi connectivity index (χ4v) is 2.68. The summed E-state index contributed by atoms with van der Waals surface area (Å²) in [6, 6.07) is 0. The zero-order valence-electron chi connectivity index (χ0n) is 7.98. The Morgan fingerprint density at radius 1 is 1.50 bits per heavy atom. The van der Waals surface area contributed by atoms with Gasteiger partial charge in [-0.15, -0.1) is 11.3 Å². The molecule has 0 fully saturated rings. The van der Waals surface area contributed by atoms with Crippen molar-refractivity contribution in [3.8, 4) is 0 Å². The second kappa shape index (κ2) is 3.67. The number of rotatable bonds is 2. The molecule has 0 aliphatic rings. The molecule has 0 amide bonds.